The highest BCUT2D eigenvalue weighted by atomic mass is 15.5. The monoisotopic (exact) mass is 178 g/mol. The summed E-state index contributed by atoms with van der Waals surface area (Å²) in [5.41, 5.74) is 5.96. The number of aryl methyl sites for hydroxylation is 1. The van der Waals surface area contributed by atoms with Gasteiger partial charge in [0.15, 0.2) is 0 Å². The van der Waals surface area contributed by atoms with Crippen LogP contribution >= 0.6 is 0 Å². The predicted molar refractivity (Wildman–Crippen MR) is 56.4 cm³/mol. The molecule has 13 heavy (non-hydrogen) atoms. The van der Waals surface area contributed by atoms with Crippen LogP contribution in [0.15, 0.2) is 24.3 Å². The Labute approximate surface area is 80.5 Å². The molecular weight excluding hydrogens is 160 g/mol. The number of hydrogen-bond acceptors (Lipinski definition) is 2. The molecule has 1 aromatic rings. The lowest BCUT2D eigenvalue weighted by molar-refractivity contribution is 0.252. The molecule has 0 spiro atoms. The van der Waals surface area contributed by atoms with E-state index in [0.717, 1.165) is 0 Å². The largest absolute Gasteiger partial charge is 0.250 e. The fourth-order valence-electron chi connectivity index (χ4n) is 1.40. The van der Waals surface area contributed by atoms with E-state index in [1.54, 1.807) is 0 Å². The highest BCUT2D eigenvalue weighted by Crippen LogP contribution is 2.13. The minimum absolute atomic E-state index is 0.370. The second-order valence-corrected chi connectivity index (χ2v) is 3.66. The summed E-state index contributed by atoms with van der Waals surface area (Å²) in [6, 6.07) is 8.94. The van der Waals surface area contributed by atoms with E-state index in [1.807, 2.05) is 19.1 Å². The van der Waals surface area contributed by atoms with Crippen molar-refractivity contribution >= 4 is 0 Å². The lowest BCUT2D eigenvalue weighted by Gasteiger charge is -2.19. The van der Waals surface area contributed by atoms with Crippen molar-refractivity contribution < 1.29 is 0 Å². The topological polar surface area (TPSA) is 15.3 Å². The molecule has 0 fully saturated rings. The summed E-state index contributed by atoms with van der Waals surface area (Å²) < 4.78 is 0. The zero-order valence-corrected chi connectivity index (χ0v) is 8.83. The number of nitrogens with one attached hydrogen (secondary N) is 1. The maximum absolute atomic E-state index is 3.32. The highest BCUT2D eigenvalue weighted by molar-refractivity contribution is 5.24. The minimum atomic E-state index is 0.370. The van der Waals surface area contributed by atoms with Gasteiger partial charge in [0.1, 0.15) is 0 Å². The molecular formula is C11H18N2. The molecule has 1 atom stereocenters. The van der Waals surface area contributed by atoms with Crippen molar-refractivity contribution in [2.75, 3.05) is 14.1 Å². The van der Waals surface area contributed by atoms with Gasteiger partial charge in [-0.15, -0.1) is 0 Å². The van der Waals surface area contributed by atoms with Gasteiger partial charge >= 0.3 is 0 Å². The van der Waals surface area contributed by atoms with Crippen LogP contribution in [-0.4, -0.2) is 19.1 Å². The van der Waals surface area contributed by atoms with Gasteiger partial charge in [-0.2, -0.15) is 0 Å². The summed E-state index contributed by atoms with van der Waals surface area (Å²) in [6.07, 6.45) is 0. The van der Waals surface area contributed by atoms with Crippen molar-refractivity contribution in [3.05, 3.63) is 35.4 Å². The summed E-state index contributed by atoms with van der Waals surface area (Å²) >= 11 is 0. The van der Waals surface area contributed by atoms with Crippen molar-refractivity contribution in [3.63, 3.8) is 0 Å². The van der Waals surface area contributed by atoms with Crippen LogP contribution in [0.3, 0.4) is 0 Å². The molecule has 0 aromatic heterocycles. The molecule has 0 saturated heterocycles. The molecule has 0 amide bonds. The van der Waals surface area contributed by atoms with Gasteiger partial charge in [-0.3, -0.25) is 5.01 Å². The van der Waals surface area contributed by atoms with Gasteiger partial charge in [0.05, 0.1) is 0 Å². The van der Waals surface area contributed by atoms with E-state index in [0.29, 0.717) is 6.04 Å². The average molecular weight is 178 g/mol. The van der Waals surface area contributed by atoms with Gasteiger partial charge in [-0.05, 0) is 19.4 Å². The van der Waals surface area contributed by atoms with Crippen molar-refractivity contribution in [2.24, 2.45) is 0 Å². The smallest absolute Gasteiger partial charge is 0.0436 e. The maximum Gasteiger partial charge on any atom is 0.0436 e. The van der Waals surface area contributed by atoms with Crippen molar-refractivity contribution in [2.45, 2.75) is 19.9 Å². The fourth-order valence-corrected chi connectivity index (χ4v) is 1.40. The van der Waals surface area contributed by atoms with E-state index in [9.17, 15) is 0 Å². The standard InChI is InChI=1S/C11H18N2/c1-9-6-5-7-11(8-9)10(2)12-13(3)4/h5-8,10,12H,1-4H3. The quantitative estimate of drug-likeness (QED) is 0.713. The van der Waals surface area contributed by atoms with Crippen LogP contribution in [-0.2, 0) is 0 Å². The Bertz CT molecular complexity index is 269. The van der Waals surface area contributed by atoms with Gasteiger partial charge in [-0.25, -0.2) is 5.43 Å². The third-order valence-corrected chi connectivity index (χ3v) is 1.99. The molecule has 72 valence electrons. The molecule has 0 aliphatic heterocycles. The lowest BCUT2D eigenvalue weighted by atomic mass is 10.1. The van der Waals surface area contributed by atoms with Crippen LogP contribution in [0.4, 0.5) is 0 Å². The average Bonchev–Trinajstić information content (AvgIpc) is 2.03. The van der Waals surface area contributed by atoms with Crippen LogP contribution in [0.2, 0.25) is 0 Å². The van der Waals surface area contributed by atoms with E-state index in [4.69, 9.17) is 0 Å². The van der Waals surface area contributed by atoms with Crippen LogP contribution in [0.25, 0.3) is 0 Å². The minimum Gasteiger partial charge on any atom is -0.250 e. The van der Waals surface area contributed by atoms with Crippen LogP contribution in [0.1, 0.15) is 24.1 Å². The Morgan fingerprint density at radius 1 is 1.31 bits per heavy atom. The van der Waals surface area contributed by atoms with Crippen LogP contribution < -0.4 is 5.43 Å². The Hall–Kier alpha value is -0.860. The van der Waals surface area contributed by atoms with Crippen molar-refractivity contribution in [3.8, 4) is 0 Å². The zero-order chi connectivity index (χ0) is 9.84. The molecule has 0 aliphatic rings. The van der Waals surface area contributed by atoms with E-state index < -0.39 is 0 Å². The Balaban J connectivity index is 2.71. The number of rotatable bonds is 3. The third-order valence-electron chi connectivity index (χ3n) is 1.99. The van der Waals surface area contributed by atoms with Crippen molar-refractivity contribution in [1.82, 2.24) is 10.4 Å². The van der Waals surface area contributed by atoms with E-state index >= 15 is 0 Å². The van der Waals surface area contributed by atoms with E-state index in [-0.39, 0.29) is 0 Å². The Morgan fingerprint density at radius 3 is 2.54 bits per heavy atom. The molecule has 0 radical (unpaired) electrons. The molecule has 2 nitrogen and oxygen atoms in total. The van der Waals surface area contributed by atoms with Crippen LogP contribution in [0, 0.1) is 6.92 Å². The number of nitrogens with zero attached hydrogens (tertiary/aromatic N) is 1. The highest BCUT2D eigenvalue weighted by Gasteiger charge is 2.04. The number of hydrogen-bond donors (Lipinski definition) is 1. The van der Waals surface area contributed by atoms with Gasteiger partial charge in [0.25, 0.3) is 0 Å². The zero-order valence-electron chi connectivity index (χ0n) is 8.83. The first-order valence-electron chi connectivity index (χ1n) is 4.59. The summed E-state index contributed by atoms with van der Waals surface area (Å²) in [7, 11) is 4.01. The molecule has 1 aromatic carbocycles. The molecule has 2 heteroatoms. The first kappa shape index (κ1) is 10.2. The van der Waals surface area contributed by atoms with Gasteiger partial charge in [0, 0.05) is 20.1 Å². The van der Waals surface area contributed by atoms with Gasteiger partial charge in [-0.1, -0.05) is 29.8 Å². The SMILES string of the molecule is Cc1cccc(C(C)NN(C)C)c1. The third kappa shape index (κ3) is 3.17. The summed E-state index contributed by atoms with van der Waals surface area (Å²) in [5, 5.41) is 1.98. The number of benzene rings is 1. The van der Waals surface area contributed by atoms with E-state index in [2.05, 4.69) is 43.5 Å². The summed E-state index contributed by atoms with van der Waals surface area (Å²) in [5.74, 6) is 0. The molecule has 0 heterocycles. The lowest BCUT2D eigenvalue weighted by Crippen LogP contribution is -2.32. The molecule has 0 bridgehead atoms. The Kier molecular flexibility index (Phi) is 3.46. The van der Waals surface area contributed by atoms with E-state index in [1.165, 1.54) is 11.1 Å². The van der Waals surface area contributed by atoms with Crippen LogP contribution in [0.5, 0.6) is 0 Å². The molecule has 0 saturated carbocycles. The number of hydrazine groups is 1. The Morgan fingerprint density at radius 2 is 2.00 bits per heavy atom. The second-order valence-electron chi connectivity index (χ2n) is 3.66. The summed E-state index contributed by atoms with van der Waals surface area (Å²) in [4.78, 5) is 0. The second kappa shape index (κ2) is 4.40. The van der Waals surface area contributed by atoms with Crippen molar-refractivity contribution in [1.29, 1.82) is 0 Å². The predicted octanol–water partition coefficient (Wildman–Crippen LogP) is 2.12. The molecule has 0 aliphatic carbocycles. The molecule has 1 rings (SSSR count). The first-order valence-corrected chi connectivity index (χ1v) is 4.59. The maximum atomic E-state index is 3.32. The first-order chi connectivity index (χ1) is 6.09. The van der Waals surface area contributed by atoms with Gasteiger partial charge < -0.3 is 0 Å². The fraction of sp³-hybridized carbons (Fsp3) is 0.455. The normalized spacial score (nSPS) is 13.3. The van der Waals surface area contributed by atoms with Gasteiger partial charge in [0.2, 0.25) is 0 Å². The summed E-state index contributed by atoms with van der Waals surface area (Å²) in [6.45, 7) is 4.28. The molecule has 1 N–H and O–H groups in total. The molecule has 1 unspecified atom stereocenters.